The van der Waals surface area contributed by atoms with Crippen molar-refractivity contribution in [3.8, 4) is 0 Å². The maximum Gasteiger partial charge on any atom is 0.410 e. The molecule has 0 saturated heterocycles. The second-order valence-electron chi connectivity index (χ2n) is 9.44. The van der Waals surface area contributed by atoms with Crippen LogP contribution in [0.1, 0.15) is 26.3 Å². The minimum absolute atomic E-state index is 0.0328. The Balaban J connectivity index is 1.85. The van der Waals surface area contributed by atoms with E-state index in [9.17, 15) is 19.2 Å². The number of fused-ring (bicyclic) bond motifs is 1. The zero-order valence-corrected chi connectivity index (χ0v) is 21.2. The monoisotopic (exact) mass is 494 g/mol. The number of amides is 3. The SMILES string of the molecule is C=CCN(CC(C(=O)OC[Si](C)(C)C)N1C(=O)c2ccccc2C1=O)C(=O)OCc1ccccc1. The molecule has 1 atom stereocenters. The molecule has 0 fully saturated rings. The van der Waals surface area contributed by atoms with Gasteiger partial charge >= 0.3 is 12.1 Å². The van der Waals surface area contributed by atoms with Gasteiger partial charge in [0.05, 0.1) is 32.0 Å². The van der Waals surface area contributed by atoms with E-state index in [0.717, 1.165) is 10.5 Å². The lowest BCUT2D eigenvalue weighted by Gasteiger charge is -2.30. The van der Waals surface area contributed by atoms with Crippen LogP contribution in [0.3, 0.4) is 0 Å². The van der Waals surface area contributed by atoms with Crippen LogP contribution in [-0.4, -0.2) is 67.1 Å². The number of esters is 1. The summed E-state index contributed by atoms with van der Waals surface area (Å²) in [5.74, 6) is -1.94. The molecule has 0 saturated carbocycles. The summed E-state index contributed by atoms with van der Waals surface area (Å²) in [5, 5.41) is 0. The highest BCUT2D eigenvalue weighted by molar-refractivity contribution is 6.76. The van der Waals surface area contributed by atoms with Gasteiger partial charge in [0, 0.05) is 6.54 Å². The topological polar surface area (TPSA) is 93.2 Å². The van der Waals surface area contributed by atoms with E-state index >= 15 is 0 Å². The minimum Gasteiger partial charge on any atom is -0.468 e. The van der Waals surface area contributed by atoms with E-state index in [-0.39, 0.29) is 37.1 Å². The zero-order chi connectivity index (χ0) is 25.6. The molecule has 35 heavy (non-hydrogen) atoms. The summed E-state index contributed by atoms with van der Waals surface area (Å²) < 4.78 is 11.0. The fraction of sp³-hybridized carbons (Fsp3) is 0.308. The Morgan fingerprint density at radius 1 is 0.971 bits per heavy atom. The lowest BCUT2D eigenvalue weighted by Crippen LogP contribution is -2.53. The second kappa shape index (κ2) is 11.1. The van der Waals surface area contributed by atoms with Gasteiger partial charge < -0.3 is 14.4 Å². The van der Waals surface area contributed by atoms with Crippen molar-refractivity contribution >= 4 is 32.0 Å². The lowest BCUT2D eigenvalue weighted by molar-refractivity contribution is -0.147. The molecule has 0 bridgehead atoms. The van der Waals surface area contributed by atoms with Crippen LogP contribution in [0.4, 0.5) is 4.79 Å². The predicted molar refractivity (Wildman–Crippen MR) is 133 cm³/mol. The highest BCUT2D eigenvalue weighted by Crippen LogP contribution is 2.26. The van der Waals surface area contributed by atoms with Crippen LogP contribution in [0, 0.1) is 0 Å². The zero-order valence-electron chi connectivity index (χ0n) is 20.2. The molecule has 0 radical (unpaired) electrons. The van der Waals surface area contributed by atoms with Gasteiger partial charge in [0.2, 0.25) is 0 Å². The Labute approximate surface area is 206 Å². The van der Waals surface area contributed by atoms with E-state index in [1.54, 1.807) is 12.1 Å². The first kappa shape index (κ1) is 25.9. The first-order valence-corrected chi connectivity index (χ1v) is 15.0. The smallest absolute Gasteiger partial charge is 0.410 e. The van der Waals surface area contributed by atoms with Gasteiger partial charge in [-0.1, -0.05) is 68.2 Å². The molecular formula is C26H30N2O6Si. The van der Waals surface area contributed by atoms with Crippen molar-refractivity contribution in [3.63, 3.8) is 0 Å². The Hall–Kier alpha value is -3.72. The number of carbonyl (C=O) groups excluding carboxylic acids is 4. The number of carbonyl (C=O) groups is 4. The summed E-state index contributed by atoms with van der Waals surface area (Å²) in [6.45, 7) is 9.57. The van der Waals surface area contributed by atoms with Crippen molar-refractivity contribution in [1.29, 1.82) is 0 Å². The second-order valence-corrected chi connectivity index (χ2v) is 14.9. The number of rotatable bonds is 10. The fourth-order valence-electron chi connectivity index (χ4n) is 3.54. The number of nitrogens with zero attached hydrogens (tertiary/aromatic N) is 2. The largest absolute Gasteiger partial charge is 0.468 e. The molecular weight excluding hydrogens is 464 g/mol. The van der Waals surface area contributed by atoms with Crippen LogP contribution in [0.5, 0.6) is 0 Å². The van der Waals surface area contributed by atoms with Crippen molar-refractivity contribution in [2.45, 2.75) is 32.3 Å². The number of ether oxygens (including phenoxy) is 2. The van der Waals surface area contributed by atoms with E-state index in [1.165, 1.54) is 23.1 Å². The molecule has 2 aromatic rings. The average Bonchev–Trinajstić information content (AvgIpc) is 3.09. The van der Waals surface area contributed by atoms with Crippen LogP contribution < -0.4 is 0 Å². The number of hydrogen-bond donors (Lipinski definition) is 0. The summed E-state index contributed by atoms with van der Waals surface area (Å²) in [6, 6.07) is 14.2. The van der Waals surface area contributed by atoms with Gasteiger partial charge in [-0.2, -0.15) is 0 Å². The molecule has 1 aliphatic heterocycles. The molecule has 2 aromatic carbocycles. The van der Waals surface area contributed by atoms with Crippen LogP contribution in [0.25, 0.3) is 0 Å². The number of hydrogen-bond acceptors (Lipinski definition) is 6. The van der Waals surface area contributed by atoms with Gasteiger partial charge in [-0.25, -0.2) is 9.59 Å². The maximum atomic E-state index is 13.2. The molecule has 1 heterocycles. The predicted octanol–water partition coefficient (Wildman–Crippen LogP) is 3.90. The maximum absolute atomic E-state index is 13.2. The van der Waals surface area contributed by atoms with Crippen LogP contribution in [-0.2, 0) is 20.9 Å². The molecule has 1 aliphatic rings. The van der Waals surface area contributed by atoms with E-state index in [2.05, 4.69) is 6.58 Å². The molecule has 0 N–H and O–H groups in total. The quantitative estimate of drug-likeness (QED) is 0.215. The lowest BCUT2D eigenvalue weighted by atomic mass is 10.1. The third-order valence-electron chi connectivity index (χ3n) is 5.26. The molecule has 8 nitrogen and oxygen atoms in total. The first-order valence-electron chi connectivity index (χ1n) is 11.3. The van der Waals surface area contributed by atoms with Gasteiger partial charge in [-0.05, 0) is 17.7 Å². The van der Waals surface area contributed by atoms with Crippen molar-refractivity contribution in [2.75, 3.05) is 19.3 Å². The summed E-state index contributed by atoms with van der Waals surface area (Å²) in [6.07, 6.45) is 0.996. The fourth-order valence-corrected chi connectivity index (χ4v) is 4.11. The molecule has 184 valence electrons. The Morgan fingerprint density at radius 3 is 2.09 bits per heavy atom. The molecule has 0 spiro atoms. The Kier molecular flexibility index (Phi) is 8.24. The number of benzene rings is 2. The van der Waals surface area contributed by atoms with E-state index in [0.29, 0.717) is 0 Å². The van der Waals surface area contributed by atoms with E-state index in [1.807, 2.05) is 50.0 Å². The molecule has 0 aliphatic carbocycles. The standard InChI is InChI=1S/C26H30N2O6Si/c1-5-15-27(26(32)33-17-19-11-7-6-8-12-19)16-22(25(31)34-18-35(2,3)4)28-23(29)20-13-9-10-14-21(20)24(28)30/h5-14,22H,1,15-18H2,2-4H3. The summed E-state index contributed by atoms with van der Waals surface area (Å²) in [7, 11) is -1.78. The molecule has 0 aromatic heterocycles. The summed E-state index contributed by atoms with van der Waals surface area (Å²) in [5.41, 5.74) is 1.22. The van der Waals surface area contributed by atoms with Gasteiger partial charge in [0.25, 0.3) is 11.8 Å². The Bertz CT molecular complexity index is 1080. The van der Waals surface area contributed by atoms with Gasteiger partial charge in [0.1, 0.15) is 6.61 Å². The highest BCUT2D eigenvalue weighted by atomic mass is 28.3. The van der Waals surface area contributed by atoms with E-state index in [4.69, 9.17) is 9.47 Å². The number of imide groups is 1. The molecule has 9 heteroatoms. The Morgan fingerprint density at radius 2 is 1.54 bits per heavy atom. The van der Waals surface area contributed by atoms with Crippen molar-refractivity contribution in [2.24, 2.45) is 0 Å². The van der Waals surface area contributed by atoms with Crippen LogP contribution in [0.2, 0.25) is 19.6 Å². The first-order chi connectivity index (χ1) is 16.6. The van der Waals surface area contributed by atoms with Crippen LogP contribution in [0.15, 0.2) is 67.3 Å². The summed E-state index contributed by atoms with van der Waals surface area (Å²) in [4.78, 5) is 54.5. The molecule has 1 unspecified atom stereocenters. The summed E-state index contributed by atoms with van der Waals surface area (Å²) >= 11 is 0. The molecule has 3 rings (SSSR count). The minimum atomic E-state index is -1.78. The van der Waals surface area contributed by atoms with Gasteiger partial charge in [0.15, 0.2) is 6.04 Å². The molecule has 3 amide bonds. The van der Waals surface area contributed by atoms with Crippen molar-refractivity contribution in [3.05, 3.63) is 83.9 Å². The third kappa shape index (κ3) is 6.45. The average molecular weight is 495 g/mol. The van der Waals surface area contributed by atoms with Crippen molar-refractivity contribution < 1.29 is 28.7 Å². The van der Waals surface area contributed by atoms with Crippen molar-refractivity contribution in [1.82, 2.24) is 9.80 Å². The third-order valence-corrected chi connectivity index (χ3v) is 6.27. The highest BCUT2D eigenvalue weighted by Gasteiger charge is 2.44. The van der Waals surface area contributed by atoms with E-state index < -0.39 is 38.0 Å². The van der Waals surface area contributed by atoms with Gasteiger partial charge in [-0.15, -0.1) is 6.58 Å². The normalized spacial score (nSPS) is 13.7. The van der Waals surface area contributed by atoms with Gasteiger partial charge in [-0.3, -0.25) is 14.5 Å². The van der Waals surface area contributed by atoms with Crippen LogP contribution >= 0.6 is 0 Å².